The fourth-order valence-corrected chi connectivity index (χ4v) is 1.88. The Hall–Kier alpha value is -1.35. The molecule has 3 nitrogen and oxygen atoms in total. The Kier molecular flexibility index (Phi) is 3.25. The first kappa shape index (κ1) is 11.1. The van der Waals surface area contributed by atoms with Gasteiger partial charge in [0, 0.05) is 17.6 Å². The van der Waals surface area contributed by atoms with E-state index >= 15 is 0 Å². The molecule has 1 aromatic heterocycles. The average molecular weight is 237 g/mol. The van der Waals surface area contributed by atoms with Crippen LogP contribution < -0.4 is 4.74 Å². The molecule has 0 amide bonds. The molecule has 1 aromatic carbocycles. The predicted molar refractivity (Wildman–Crippen MR) is 65.1 cm³/mol. The summed E-state index contributed by atoms with van der Waals surface area (Å²) in [5.74, 6) is 0.865. The van der Waals surface area contributed by atoms with Gasteiger partial charge in [-0.1, -0.05) is 13.3 Å². The van der Waals surface area contributed by atoms with Gasteiger partial charge < -0.3 is 4.74 Å². The number of fused-ring (bicyclic) bond motifs is 1. The van der Waals surface area contributed by atoms with E-state index in [2.05, 4.69) is 23.0 Å². The molecule has 2 rings (SSSR count). The molecule has 0 aliphatic rings. The van der Waals surface area contributed by atoms with Crippen molar-refractivity contribution in [2.45, 2.75) is 19.8 Å². The fraction of sp³-hybridized carbons (Fsp3) is 0.333. The molecule has 4 heteroatoms. The van der Waals surface area contributed by atoms with E-state index in [1.807, 2.05) is 6.07 Å². The van der Waals surface area contributed by atoms with Crippen molar-refractivity contribution in [1.82, 2.24) is 9.97 Å². The number of methoxy groups -OCH3 is 1. The minimum absolute atomic E-state index is 0.262. The number of aryl methyl sites for hydroxylation is 1. The van der Waals surface area contributed by atoms with Gasteiger partial charge in [-0.3, -0.25) is 0 Å². The van der Waals surface area contributed by atoms with Crippen LogP contribution in [0, 0.1) is 0 Å². The van der Waals surface area contributed by atoms with Gasteiger partial charge in [-0.05, 0) is 29.7 Å². The molecule has 0 unspecified atom stereocenters. The van der Waals surface area contributed by atoms with Gasteiger partial charge in [0.1, 0.15) is 5.75 Å². The predicted octanol–water partition coefficient (Wildman–Crippen LogP) is 3.24. The lowest BCUT2D eigenvalue weighted by Crippen LogP contribution is -1.94. The van der Waals surface area contributed by atoms with Gasteiger partial charge in [-0.2, -0.15) is 0 Å². The molecule has 0 atom stereocenters. The molecule has 0 N–H and O–H groups in total. The topological polar surface area (TPSA) is 35.0 Å². The minimum Gasteiger partial charge on any atom is -0.496 e. The highest BCUT2D eigenvalue weighted by Gasteiger charge is 2.06. The number of hydrogen-bond donors (Lipinski definition) is 0. The quantitative estimate of drug-likeness (QED) is 0.768. The van der Waals surface area contributed by atoms with Crippen molar-refractivity contribution in [1.29, 1.82) is 0 Å². The van der Waals surface area contributed by atoms with Crippen LogP contribution in [0.3, 0.4) is 0 Å². The van der Waals surface area contributed by atoms with Crippen LogP contribution >= 0.6 is 11.6 Å². The molecule has 0 aliphatic carbocycles. The van der Waals surface area contributed by atoms with Gasteiger partial charge in [0.2, 0.25) is 5.28 Å². The third-order valence-corrected chi connectivity index (χ3v) is 2.65. The molecule has 0 fully saturated rings. The number of nitrogens with zero attached hydrogens (tertiary/aromatic N) is 2. The van der Waals surface area contributed by atoms with Gasteiger partial charge in [0.25, 0.3) is 0 Å². The van der Waals surface area contributed by atoms with Crippen LogP contribution in [0.1, 0.15) is 18.9 Å². The Morgan fingerprint density at radius 2 is 2.19 bits per heavy atom. The second-order valence-electron chi connectivity index (χ2n) is 3.61. The van der Waals surface area contributed by atoms with Gasteiger partial charge in [-0.15, -0.1) is 0 Å². The molecule has 0 saturated carbocycles. The Labute approximate surface area is 99.4 Å². The molecule has 0 bridgehead atoms. The summed E-state index contributed by atoms with van der Waals surface area (Å²) >= 11 is 5.75. The van der Waals surface area contributed by atoms with E-state index in [4.69, 9.17) is 16.3 Å². The van der Waals surface area contributed by atoms with Crippen LogP contribution in [0.2, 0.25) is 5.28 Å². The average Bonchev–Trinajstić information content (AvgIpc) is 2.29. The molecule has 16 heavy (non-hydrogen) atoms. The van der Waals surface area contributed by atoms with Crippen molar-refractivity contribution >= 4 is 22.5 Å². The molecule has 0 radical (unpaired) electrons. The normalized spacial score (nSPS) is 10.7. The summed E-state index contributed by atoms with van der Waals surface area (Å²) in [5.41, 5.74) is 2.00. The summed E-state index contributed by atoms with van der Waals surface area (Å²) in [6.45, 7) is 2.14. The van der Waals surface area contributed by atoms with Crippen LogP contribution in [0.25, 0.3) is 10.9 Å². The van der Waals surface area contributed by atoms with Crippen molar-refractivity contribution in [3.8, 4) is 5.75 Å². The zero-order chi connectivity index (χ0) is 11.5. The lowest BCUT2D eigenvalue weighted by atomic mass is 10.1. The van der Waals surface area contributed by atoms with Crippen molar-refractivity contribution in [3.63, 3.8) is 0 Å². The first-order valence-corrected chi connectivity index (χ1v) is 5.61. The monoisotopic (exact) mass is 236 g/mol. The summed E-state index contributed by atoms with van der Waals surface area (Å²) in [6, 6.07) is 3.97. The number of hydrogen-bond acceptors (Lipinski definition) is 3. The summed E-state index contributed by atoms with van der Waals surface area (Å²) in [6.07, 6.45) is 3.81. The van der Waals surface area contributed by atoms with E-state index in [1.165, 1.54) is 5.56 Å². The molecule has 0 spiro atoms. The number of aromatic nitrogens is 2. The highest BCUT2D eigenvalue weighted by atomic mass is 35.5. The maximum Gasteiger partial charge on any atom is 0.222 e. The second kappa shape index (κ2) is 4.66. The minimum atomic E-state index is 0.262. The maximum absolute atomic E-state index is 5.75. The Bertz CT molecular complexity index is 514. The van der Waals surface area contributed by atoms with Crippen LogP contribution in [0.5, 0.6) is 5.75 Å². The van der Waals surface area contributed by atoms with Crippen LogP contribution in [-0.2, 0) is 6.42 Å². The van der Waals surface area contributed by atoms with Crippen LogP contribution in [0.4, 0.5) is 0 Å². The number of benzene rings is 1. The second-order valence-corrected chi connectivity index (χ2v) is 3.95. The van der Waals surface area contributed by atoms with E-state index in [0.29, 0.717) is 0 Å². The van der Waals surface area contributed by atoms with E-state index in [0.717, 1.165) is 29.5 Å². The largest absolute Gasteiger partial charge is 0.496 e. The van der Waals surface area contributed by atoms with Crippen molar-refractivity contribution in [2.75, 3.05) is 7.11 Å². The zero-order valence-corrected chi connectivity index (χ0v) is 10.1. The highest BCUT2D eigenvalue weighted by Crippen LogP contribution is 2.26. The van der Waals surface area contributed by atoms with Gasteiger partial charge >= 0.3 is 0 Å². The summed E-state index contributed by atoms with van der Waals surface area (Å²) in [7, 11) is 1.67. The van der Waals surface area contributed by atoms with E-state index in [9.17, 15) is 0 Å². The molecule has 2 aromatic rings. The fourth-order valence-electron chi connectivity index (χ4n) is 1.74. The molecule has 1 heterocycles. The standard InChI is InChI=1S/C12H13ClN2O/c1-3-4-8-5-9-7-14-12(13)15-10(9)6-11(8)16-2/h5-7H,3-4H2,1-2H3. The number of halogens is 1. The SMILES string of the molecule is CCCc1cc2cnc(Cl)nc2cc1OC. The zero-order valence-electron chi connectivity index (χ0n) is 9.33. The van der Waals surface area contributed by atoms with Gasteiger partial charge in [0.15, 0.2) is 0 Å². The third kappa shape index (κ3) is 2.09. The smallest absolute Gasteiger partial charge is 0.222 e. The Morgan fingerprint density at radius 3 is 2.88 bits per heavy atom. The molecule has 0 aliphatic heterocycles. The maximum atomic E-state index is 5.75. The lowest BCUT2D eigenvalue weighted by Gasteiger charge is -2.09. The van der Waals surface area contributed by atoms with Gasteiger partial charge in [0.05, 0.1) is 12.6 Å². The number of ether oxygens (including phenoxy) is 1. The highest BCUT2D eigenvalue weighted by molar-refractivity contribution is 6.28. The Balaban J connectivity index is 2.60. The molecular formula is C12H13ClN2O. The van der Waals surface area contributed by atoms with Gasteiger partial charge in [-0.25, -0.2) is 9.97 Å². The third-order valence-electron chi connectivity index (χ3n) is 2.47. The number of rotatable bonds is 3. The van der Waals surface area contributed by atoms with Crippen molar-refractivity contribution in [3.05, 3.63) is 29.2 Å². The van der Waals surface area contributed by atoms with E-state index in [1.54, 1.807) is 13.3 Å². The summed E-state index contributed by atoms with van der Waals surface area (Å²) < 4.78 is 5.34. The van der Waals surface area contributed by atoms with Crippen molar-refractivity contribution < 1.29 is 4.74 Å². The Morgan fingerprint density at radius 1 is 1.38 bits per heavy atom. The van der Waals surface area contributed by atoms with Crippen LogP contribution in [-0.4, -0.2) is 17.1 Å². The van der Waals surface area contributed by atoms with Crippen molar-refractivity contribution in [2.24, 2.45) is 0 Å². The first-order valence-electron chi connectivity index (χ1n) is 5.23. The molecule has 0 saturated heterocycles. The van der Waals surface area contributed by atoms with Crippen LogP contribution in [0.15, 0.2) is 18.3 Å². The van der Waals surface area contributed by atoms with E-state index in [-0.39, 0.29) is 5.28 Å². The summed E-state index contributed by atoms with van der Waals surface area (Å²) in [4.78, 5) is 8.14. The summed E-state index contributed by atoms with van der Waals surface area (Å²) in [5, 5.41) is 1.26. The first-order chi connectivity index (χ1) is 7.74. The molecule has 84 valence electrons. The van der Waals surface area contributed by atoms with E-state index < -0.39 is 0 Å². The molecular weight excluding hydrogens is 224 g/mol. The lowest BCUT2D eigenvalue weighted by molar-refractivity contribution is 0.410.